The Kier molecular flexibility index (Phi) is 3.80. The zero-order chi connectivity index (χ0) is 17.6. The summed E-state index contributed by atoms with van der Waals surface area (Å²) < 4.78 is 5.86. The molecule has 3 aromatic rings. The topological polar surface area (TPSA) is 82.1 Å². The van der Waals surface area contributed by atoms with Gasteiger partial charge in [-0.3, -0.25) is 14.6 Å². The number of furan rings is 1. The summed E-state index contributed by atoms with van der Waals surface area (Å²) in [5, 5.41) is 0.477. The molecule has 6 nitrogen and oxygen atoms in total. The van der Waals surface area contributed by atoms with Crippen molar-refractivity contribution in [2.75, 3.05) is 0 Å². The number of H-pyrrole nitrogens is 2. The second kappa shape index (κ2) is 6.00. The van der Waals surface area contributed by atoms with E-state index in [4.69, 9.17) is 16.6 Å². The van der Waals surface area contributed by atoms with Crippen molar-refractivity contribution in [3.8, 4) is 0 Å². The van der Waals surface area contributed by atoms with Gasteiger partial charge in [0.2, 0.25) is 0 Å². The highest BCUT2D eigenvalue weighted by atomic mass is 32.1. The van der Waals surface area contributed by atoms with Gasteiger partial charge in [-0.25, -0.2) is 0 Å². The molecule has 128 valence electrons. The van der Waals surface area contributed by atoms with Gasteiger partial charge in [0, 0.05) is 11.6 Å². The summed E-state index contributed by atoms with van der Waals surface area (Å²) in [6.45, 7) is 2.33. The number of benzene rings is 1. The molecule has 0 aliphatic heterocycles. The summed E-state index contributed by atoms with van der Waals surface area (Å²) in [6.07, 6.45) is 2.00. The summed E-state index contributed by atoms with van der Waals surface area (Å²) in [5.41, 5.74) is 0.825. The molecule has 7 heteroatoms. The van der Waals surface area contributed by atoms with Crippen molar-refractivity contribution < 1.29 is 9.21 Å². The lowest BCUT2D eigenvalue weighted by atomic mass is 10.1. The van der Waals surface area contributed by atoms with Crippen LogP contribution < -0.4 is 5.56 Å². The Labute approximate surface area is 148 Å². The lowest BCUT2D eigenvalue weighted by Gasteiger charge is -2.21. The lowest BCUT2D eigenvalue weighted by molar-refractivity contribution is 0.0717. The molecule has 1 saturated carbocycles. The molecule has 0 saturated heterocycles. The van der Waals surface area contributed by atoms with Crippen molar-refractivity contribution >= 4 is 29.0 Å². The van der Waals surface area contributed by atoms with Crippen molar-refractivity contribution in [1.82, 2.24) is 14.9 Å². The van der Waals surface area contributed by atoms with E-state index in [2.05, 4.69) is 9.97 Å². The number of aromatic amines is 2. The third-order valence-electron chi connectivity index (χ3n) is 4.36. The van der Waals surface area contributed by atoms with Gasteiger partial charge in [-0.15, -0.1) is 0 Å². The first-order valence-electron chi connectivity index (χ1n) is 8.14. The minimum Gasteiger partial charge on any atom is -0.464 e. The Morgan fingerprint density at radius 3 is 2.76 bits per heavy atom. The van der Waals surface area contributed by atoms with E-state index in [0.717, 1.165) is 24.4 Å². The highest BCUT2D eigenvalue weighted by Gasteiger charge is 2.33. The van der Waals surface area contributed by atoms with Crippen LogP contribution in [-0.2, 0) is 6.54 Å². The van der Waals surface area contributed by atoms with E-state index in [0.29, 0.717) is 23.0 Å². The standard InChI is InChI=1S/C18H17N3O3S/c1-10-2-6-13(24-10)9-21(12-4-5-12)17(23)11-3-7-14-15(8-11)19-18(25)20-16(14)22/h2-3,6-8,12H,4-5,9H2,1H3,(H2,19,20,22,25). The number of fused-ring (bicyclic) bond motifs is 1. The van der Waals surface area contributed by atoms with Gasteiger partial charge in [0.05, 0.1) is 17.4 Å². The molecule has 0 atom stereocenters. The van der Waals surface area contributed by atoms with E-state index in [1.807, 2.05) is 24.0 Å². The van der Waals surface area contributed by atoms with E-state index in [9.17, 15) is 9.59 Å². The van der Waals surface area contributed by atoms with Crippen LogP contribution in [-0.4, -0.2) is 26.8 Å². The Morgan fingerprint density at radius 1 is 1.28 bits per heavy atom. The maximum Gasteiger partial charge on any atom is 0.259 e. The normalized spacial score (nSPS) is 14.0. The second-order valence-corrected chi connectivity index (χ2v) is 6.75. The number of hydrogen-bond donors (Lipinski definition) is 2. The fourth-order valence-corrected chi connectivity index (χ4v) is 3.16. The molecule has 1 aliphatic rings. The number of hydrogen-bond acceptors (Lipinski definition) is 4. The summed E-state index contributed by atoms with van der Waals surface area (Å²) >= 11 is 5.01. The molecule has 25 heavy (non-hydrogen) atoms. The van der Waals surface area contributed by atoms with Crippen LogP contribution in [0, 0.1) is 11.7 Å². The van der Waals surface area contributed by atoms with Crippen LogP contribution in [0.5, 0.6) is 0 Å². The SMILES string of the molecule is Cc1ccc(CN(C(=O)c2ccc3c(=O)[nH]c(=S)[nH]c3c2)C2CC2)o1. The number of carbonyl (C=O) groups is 1. The van der Waals surface area contributed by atoms with Crippen molar-refractivity contribution in [3.63, 3.8) is 0 Å². The van der Waals surface area contributed by atoms with Crippen LogP contribution in [0.15, 0.2) is 39.5 Å². The number of nitrogens with one attached hydrogen (secondary N) is 2. The third kappa shape index (κ3) is 3.15. The third-order valence-corrected chi connectivity index (χ3v) is 4.56. The number of amides is 1. The largest absolute Gasteiger partial charge is 0.464 e. The van der Waals surface area contributed by atoms with Gasteiger partial charge in [0.15, 0.2) is 4.77 Å². The minimum absolute atomic E-state index is 0.0712. The van der Waals surface area contributed by atoms with Crippen molar-refractivity contribution in [1.29, 1.82) is 0 Å². The Bertz CT molecular complexity index is 1070. The smallest absolute Gasteiger partial charge is 0.259 e. The summed E-state index contributed by atoms with van der Waals surface area (Å²) in [4.78, 5) is 32.2. The number of nitrogens with zero attached hydrogens (tertiary/aromatic N) is 1. The van der Waals surface area contributed by atoms with Gasteiger partial charge in [-0.2, -0.15) is 0 Å². The maximum atomic E-state index is 13.0. The van der Waals surface area contributed by atoms with E-state index in [-0.39, 0.29) is 22.3 Å². The summed E-state index contributed by atoms with van der Waals surface area (Å²) in [7, 11) is 0. The van der Waals surface area contributed by atoms with Crippen LogP contribution >= 0.6 is 12.2 Å². The quantitative estimate of drug-likeness (QED) is 0.704. The molecule has 0 radical (unpaired) electrons. The molecule has 4 rings (SSSR count). The molecule has 0 unspecified atom stereocenters. The molecule has 2 heterocycles. The Morgan fingerprint density at radius 2 is 2.08 bits per heavy atom. The van der Waals surface area contributed by atoms with Crippen LogP contribution in [0.25, 0.3) is 10.9 Å². The van der Waals surface area contributed by atoms with Gasteiger partial charge in [0.1, 0.15) is 11.5 Å². The fraction of sp³-hybridized carbons (Fsp3) is 0.278. The van der Waals surface area contributed by atoms with Crippen LogP contribution in [0.1, 0.15) is 34.7 Å². The second-order valence-electron chi connectivity index (χ2n) is 6.35. The molecule has 2 N–H and O–H groups in total. The minimum atomic E-state index is -0.261. The molecular weight excluding hydrogens is 338 g/mol. The monoisotopic (exact) mass is 355 g/mol. The molecule has 1 aliphatic carbocycles. The first-order chi connectivity index (χ1) is 12.0. The van der Waals surface area contributed by atoms with E-state index >= 15 is 0 Å². The number of aryl methyl sites for hydroxylation is 1. The number of rotatable bonds is 4. The predicted molar refractivity (Wildman–Crippen MR) is 96.1 cm³/mol. The van der Waals surface area contributed by atoms with Gasteiger partial charge in [0.25, 0.3) is 11.5 Å². The van der Waals surface area contributed by atoms with Gasteiger partial charge >= 0.3 is 0 Å². The maximum absolute atomic E-state index is 13.0. The van der Waals surface area contributed by atoms with E-state index < -0.39 is 0 Å². The van der Waals surface area contributed by atoms with E-state index in [1.54, 1.807) is 18.2 Å². The van der Waals surface area contributed by atoms with E-state index in [1.165, 1.54) is 0 Å². The van der Waals surface area contributed by atoms with Crippen LogP contribution in [0.4, 0.5) is 0 Å². The lowest BCUT2D eigenvalue weighted by Crippen LogP contribution is -2.32. The van der Waals surface area contributed by atoms with Crippen molar-refractivity contribution in [2.24, 2.45) is 0 Å². The highest BCUT2D eigenvalue weighted by Crippen LogP contribution is 2.30. The first-order valence-corrected chi connectivity index (χ1v) is 8.55. The van der Waals surface area contributed by atoms with Gasteiger partial charge in [-0.05, 0) is 62.3 Å². The first kappa shape index (κ1) is 15.8. The zero-order valence-electron chi connectivity index (χ0n) is 13.7. The summed E-state index contributed by atoms with van der Waals surface area (Å²) in [6, 6.07) is 9.05. The fourth-order valence-electron chi connectivity index (χ4n) is 2.96. The van der Waals surface area contributed by atoms with Crippen LogP contribution in [0.3, 0.4) is 0 Å². The molecule has 0 spiro atoms. The average Bonchev–Trinajstić information content (AvgIpc) is 3.33. The molecule has 0 bridgehead atoms. The molecule has 1 amide bonds. The average molecular weight is 355 g/mol. The Balaban J connectivity index is 1.69. The summed E-state index contributed by atoms with van der Waals surface area (Å²) in [5.74, 6) is 1.53. The zero-order valence-corrected chi connectivity index (χ0v) is 14.5. The molecule has 1 aromatic carbocycles. The van der Waals surface area contributed by atoms with Gasteiger partial charge in [-0.1, -0.05) is 0 Å². The van der Waals surface area contributed by atoms with Crippen LogP contribution in [0.2, 0.25) is 0 Å². The number of carbonyl (C=O) groups excluding carboxylic acids is 1. The molecule has 2 aromatic heterocycles. The number of aromatic nitrogens is 2. The Hall–Kier alpha value is -2.67. The van der Waals surface area contributed by atoms with Crippen molar-refractivity contribution in [3.05, 3.63) is 62.5 Å². The van der Waals surface area contributed by atoms with Crippen molar-refractivity contribution in [2.45, 2.75) is 32.4 Å². The molecular formula is C18H17N3O3S. The van der Waals surface area contributed by atoms with Gasteiger partial charge < -0.3 is 14.3 Å². The molecule has 1 fully saturated rings. The highest BCUT2D eigenvalue weighted by molar-refractivity contribution is 7.71. The predicted octanol–water partition coefficient (Wildman–Crippen LogP) is 3.29.